The van der Waals surface area contributed by atoms with Gasteiger partial charge in [0.2, 0.25) is 0 Å². The predicted molar refractivity (Wildman–Crippen MR) is 103 cm³/mol. The molecule has 0 atom stereocenters. The molecule has 0 spiro atoms. The van der Waals surface area contributed by atoms with Crippen molar-refractivity contribution in [3.63, 3.8) is 0 Å². The van der Waals surface area contributed by atoms with Gasteiger partial charge in [0.15, 0.2) is 5.65 Å². The molecule has 0 aliphatic heterocycles. The van der Waals surface area contributed by atoms with Gasteiger partial charge in [0.1, 0.15) is 6.54 Å². The maximum atomic E-state index is 13.2. The number of likely N-dealkylation sites (N-methyl/N-ethyl adjacent to an activating group) is 1. The highest BCUT2D eigenvalue weighted by Crippen LogP contribution is 2.41. The molecule has 0 aromatic carbocycles. The van der Waals surface area contributed by atoms with Crippen molar-refractivity contribution < 1.29 is 14.3 Å². The van der Waals surface area contributed by atoms with E-state index in [1.165, 1.54) is 4.90 Å². The number of ether oxygens (including phenoxy) is 1. The van der Waals surface area contributed by atoms with Crippen molar-refractivity contribution in [3.05, 3.63) is 23.0 Å². The Morgan fingerprint density at radius 2 is 2.00 bits per heavy atom. The summed E-state index contributed by atoms with van der Waals surface area (Å²) in [6, 6.07) is 1.88. The molecule has 2 aromatic heterocycles. The van der Waals surface area contributed by atoms with Crippen LogP contribution in [0.15, 0.2) is 6.07 Å². The number of hydrogen-bond donors (Lipinski definition) is 0. The third-order valence-electron chi connectivity index (χ3n) is 4.71. The zero-order chi connectivity index (χ0) is 19.9. The highest BCUT2D eigenvalue weighted by Gasteiger charge is 2.31. The van der Waals surface area contributed by atoms with Crippen molar-refractivity contribution in [2.75, 3.05) is 20.2 Å². The van der Waals surface area contributed by atoms with Gasteiger partial charge in [0, 0.05) is 18.7 Å². The number of rotatable bonds is 5. The molecule has 1 aliphatic carbocycles. The summed E-state index contributed by atoms with van der Waals surface area (Å²) in [4.78, 5) is 31.2. The Morgan fingerprint density at radius 3 is 2.56 bits per heavy atom. The van der Waals surface area contributed by atoms with Crippen molar-refractivity contribution in [1.82, 2.24) is 19.7 Å². The zero-order valence-corrected chi connectivity index (χ0v) is 17.0. The smallest absolute Gasteiger partial charge is 0.325 e. The van der Waals surface area contributed by atoms with E-state index < -0.39 is 5.97 Å². The molecule has 0 saturated heterocycles. The van der Waals surface area contributed by atoms with Crippen LogP contribution in [0.5, 0.6) is 0 Å². The van der Waals surface area contributed by atoms with Crippen molar-refractivity contribution in [3.8, 4) is 0 Å². The summed E-state index contributed by atoms with van der Waals surface area (Å²) in [6.07, 6.45) is 2.18. The van der Waals surface area contributed by atoms with Crippen LogP contribution in [0.4, 0.5) is 0 Å². The Bertz CT molecular complexity index is 891. The van der Waals surface area contributed by atoms with Crippen LogP contribution in [-0.4, -0.2) is 51.7 Å². The number of carbonyl (C=O) groups is 2. The first-order valence-electron chi connectivity index (χ1n) is 9.45. The molecule has 7 nitrogen and oxygen atoms in total. The number of aryl methyl sites for hydroxylation is 1. The Balaban J connectivity index is 2.10. The fourth-order valence-corrected chi connectivity index (χ4v) is 3.21. The van der Waals surface area contributed by atoms with E-state index in [1.807, 2.05) is 17.7 Å². The molecule has 0 radical (unpaired) electrons. The van der Waals surface area contributed by atoms with Gasteiger partial charge in [-0.3, -0.25) is 9.59 Å². The summed E-state index contributed by atoms with van der Waals surface area (Å²) in [5, 5.41) is 5.43. The molecule has 0 unspecified atom stereocenters. The van der Waals surface area contributed by atoms with E-state index in [-0.39, 0.29) is 18.0 Å². The summed E-state index contributed by atoms with van der Waals surface area (Å²) < 4.78 is 6.86. The lowest BCUT2D eigenvalue weighted by Gasteiger charge is -2.21. The summed E-state index contributed by atoms with van der Waals surface area (Å²) in [5.41, 5.74) is 2.74. The van der Waals surface area contributed by atoms with E-state index in [4.69, 9.17) is 9.72 Å². The van der Waals surface area contributed by atoms with Gasteiger partial charge in [0.25, 0.3) is 5.91 Å². The monoisotopic (exact) mass is 372 g/mol. The molecular formula is C20H28N4O3. The lowest BCUT2D eigenvalue weighted by atomic mass is 10.1. The maximum Gasteiger partial charge on any atom is 0.325 e. The van der Waals surface area contributed by atoms with Gasteiger partial charge < -0.3 is 9.64 Å². The van der Waals surface area contributed by atoms with Crippen molar-refractivity contribution in [2.24, 2.45) is 0 Å². The van der Waals surface area contributed by atoms with Crippen LogP contribution in [0, 0.1) is 6.92 Å². The average molecular weight is 372 g/mol. The van der Waals surface area contributed by atoms with Crippen LogP contribution < -0.4 is 0 Å². The minimum absolute atomic E-state index is 0.0816. The number of hydrogen-bond acceptors (Lipinski definition) is 5. The quantitative estimate of drug-likeness (QED) is 0.754. The fraction of sp³-hybridized carbons (Fsp3) is 0.600. The Labute approximate surface area is 159 Å². The predicted octanol–water partition coefficient (Wildman–Crippen LogP) is 3.01. The Kier molecular flexibility index (Phi) is 4.97. The number of aromatic nitrogens is 3. The maximum absolute atomic E-state index is 13.2. The first-order chi connectivity index (χ1) is 12.6. The molecule has 1 saturated carbocycles. The van der Waals surface area contributed by atoms with Crippen molar-refractivity contribution >= 4 is 22.9 Å². The van der Waals surface area contributed by atoms with Crippen molar-refractivity contribution in [1.29, 1.82) is 0 Å². The van der Waals surface area contributed by atoms with E-state index in [0.717, 1.165) is 35.3 Å². The number of fused-ring (bicyclic) bond motifs is 1. The second-order valence-corrected chi connectivity index (χ2v) is 8.20. The van der Waals surface area contributed by atoms with Crippen LogP contribution in [0.1, 0.15) is 68.2 Å². The third kappa shape index (κ3) is 3.82. The molecule has 2 heterocycles. The molecular weight excluding hydrogens is 344 g/mol. The lowest BCUT2D eigenvalue weighted by Crippen LogP contribution is -2.33. The minimum Gasteiger partial charge on any atom is -0.465 e. The highest BCUT2D eigenvalue weighted by atomic mass is 16.5. The molecule has 7 heteroatoms. The van der Waals surface area contributed by atoms with E-state index in [1.54, 1.807) is 14.0 Å². The third-order valence-corrected chi connectivity index (χ3v) is 4.71. The minimum atomic E-state index is -0.414. The normalized spacial score (nSPS) is 14.4. The lowest BCUT2D eigenvalue weighted by molar-refractivity contribution is -0.143. The first-order valence-corrected chi connectivity index (χ1v) is 9.45. The molecule has 0 bridgehead atoms. The van der Waals surface area contributed by atoms with Crippen LogP contribution in [0.3, 0.4) is 0 Å². The molecule has 3 rings (SSSR count). The number of pyridine rings is 1. The number of esters is 1. The molecule has 0 N–H and O–H groups in total. The largest absolute Gasteiger partial charge is 0.465 e. The highest BCUT2D eigenvalue weighted by molar-refractivity contribution is 6.07. The van der Waals surface area contributed by atoms with Crippen LogP contribution >= 0.6 is 0 Å². The molecule has 1 aliphatic rings. The van der Waals surface area contributed by atoms with Gasteiger partial charge in [-0.15, -0.1) is 0 Å². The van der Waals surface area contributed by atoms with Gasteiger partial charge >= 0.3 is 5.97 Å². The summed E-state index contributed by atoms with van der Waals surface area (Å²) in [7, 11) is 1.62. The van der Waals surface area contributed by atoms with Gasteiger partial charge in [0.05, 0.1) is 28.8 Å². The molecule has 1 fully saturated rings. The number of amides is 1. The second-order valence-electron chi connectivity index (χ2n) is 8.20. The van der Waals surface area contributed by atoms with Crippen LogP contribution in [0.2, 0.25) is 0 Å². The number of nitrogens with zero attached hydrogens (tertiary/aromatic N) is 4. The van der Waals surface area contributed by atoms with Gasteiger partial charge in [-0.05, 0) is 53.5 Å². The van der Waals surface area contributed by atoms with Gasteiger partial charge in [-0.1, -0.05) is 0 Å². The molecule has 1 amide bonds. The Hall–Kier alpha value is -2.44. The topological polar surface area (TPSA) is 77.3 Å². The summed E-state index contributed by atoms with van der Waals surface area (Å²) in [5.74, 6) is -0.225. The fourth-order valence-electron chi connectivity index (χ4n) is 3.21. The van der Waals surface area contributed by atoms with Crippen LogP contribution in [0.25, 0.3) is 11.0 Å². The number of carbonyl (C=O) groups excluding carboxylic acids is 2. The zero-order valence-electron chi connectivity index (χ0n) is 17.0. The van der Waals surface area contributed by atoms with Gasteiger partial charge in [-0.25, -0.2) is 9.67 Å². The second kappa shape index (κ2) is 6.94. The van der Waals surface area contributed by atoms with E-state index in [9.17, 15) is 9.59 Å². The SMILES string of the molecule is CCOC(=O)CN(C)C(=O)c1cc(C2CC2)nc2c1c(C)nn2C(C)(C)C. The standard InChI is InChI=1S/C20H28N4O3/c1-7-27-16(25)11-23(6)19(26)14-10-15(13-8-9-13)21-18-17(14)12(2)22-24(18)20(3,4)5/h10,13H,7-9,11H2,1-6H3. The van der Waals surface area contributed by atoms with Gasteiger partial charge in [-0.2, -0.15) is 5.10 Å². The van der Waals surface area contributed by atoms with E-state index in [2.05, 4.69) is 25.9 Å². The first kappa shape index (κ1) is 19.3. The Morgan fingerprint density at radius 1 is 1.33 bits per heavy atom. The van der Waals surface area contributed by atoms with Crippen molar-refractivity contribution in [2.45, 2.75) is 58.9 Å². The van der Waals surface area contributed by atoms with E-state index >= 15 is 0 Å². The van der Waals surface area contributed by atoms with Crippen LogP contribution in [-0.2, 0) is 15.1 Å². The summed E-state index contributed by atoms with van der Waals surface area (Å²) >= 11 is 0. The average Bonchev–Trinajstić information content (AvgIpc) is 3.37. The van der Waals surface area contributed by atoms with E-state index in [0.29, 0.717) is 18.1 Å². The summed E-state index contributed by atoms with van der Waals surface area (Å²) in [6.45, 7) is 10.1. The molecule has 146 valence electrons. The molecule has 27 heavy (non-hydrogen) atoms. The molecule has 2 aromatic rings.